The smallest absolute Gasteiger partial charge is 0.174 e. The molecule has 14 heavy (non-hydrogen) atoms. The van der Waals surface area contributed by atoms with Gasteiger partial charge in [-0.3, -0.25) is 0 Å². The van der Waals surface area contributed by atoms with Crippen LogP contribution in [-0.4, -0.2) is 31.0 Å². The van der Waals surface area contributed by atoms with Crippen LogP contribution in [0.15, 0.2) is 18.3 Å². The van der Waals surface area contributed by atoms with Crippen molar-refractivity contribution in [2.24, 2.45) is 0 Å². The molecule has 1 saturated heterocycles. The van der Waals surface area contributed by atoms with Crippen LogP contribution in [0.25, 0.3) is 0 Å². The van der Waals surface area contributed by atoms with Crippen LogP contribution < -0.4 is 11.1 Å². The van der Waals surface area contributed by atoms with Gasteiger partial charge in [0.15, 0.2) is 6.29 Å². The molecule has 0 unspecified atom stereocenters. The summed E-state index contributed by atoms with van der Waals surface area (Å²) in [5.41, 5.74) is 6.33. The lowest BCUT2D eigenvalue weighted by atomic mass is 10.4. The molecule has 0 amide bonds. The highest BCUT2D eigenvalue weighted by Crippen LogP contribution is 2.13. The molecule has 5 nitrogen and oxygen atoms in total. The summed E-state index contributed by atoms with van der Waals surface area (Å²) in [6.07, 6.45) is 1.51. The van der Waals surface area contributed by atoms with E-state index in [9.17, 15) is 0 Å². The Hall–Kier alpha value is -1.33. The van der Waals surface area contributed by atoms with E-state index >= 15 is 0 Å². The molecule has 1 fully saturated rings. The minimum atomic E-state index is -0.184. The van der Waals surface area contributed by atoms with Gasteiger partial charge in [-0.05, 0) is 12.1 Å². The van der Waals surface area contributed by atoms with Crippen LogP contribution in [0, 0.1) is 0 Å². The van der Waals surface area contributed by atoms with Crippen LogP contribution in [0.3, 0.4) is 0 Å². The summed E-state index contributed by atoms with van der Waals surface area (Å²) in [5.74, 6) is 0.673. The number of nitrogens with two attached hydrogens (primary N) is 1. The molecule has 5 heteroatoms. The van der Waals surface area contributed by atoms with Crippen molar-refractivity contribution in [2.45, 2.75) is 6.29 Å². The van der Waals surface area contributed by atoms with Crippen LogP contribution in [0.1, 0.15) is 0 Å². The average molecular weight is 195 g/mol. The maximum atomic E-state index is 5.70. The SMILES string of the molecule is Nc1cccnc1NCC1OCCO1. The molecular formula is C9H13N3O2. The van der Waals surface area contributed by atoms with Gasteiger partial charge < -0.3 is 20.5 Å². The van der Waals surface area contributed by atoms with Gasteiger partial charge in [0.05, 0.1) is 25.4 Å². The monoisotopic (exact) mass is 195 g/mol. The molecule has 0 spiro atoms. The Balaban J connectivity index is 1.88. The fourth-order valence-corrected chi connectivity index (χ4v) is 1.27. The minimum absolute atomic E-state index is 0.184. The Labute approximate surface area is 82.2 Å². The summed E-state index contributed by atoms with van der Waals surface area (Å²) in [6, 6.07) is 3.59. The maximum Gasteiger partial charge on any atom is 0.174 e. The number of pyridine rings is 1. The second kappa shape index (κ2) is 4.26. The molecule has 0 radical (unpaired) electrons. The van der Waals surface area contributed by atoms with Gasteiger partial charge in [-0.1, -0.05) is 0 Å². The quantitative estimate of drug-likeness (QED) is 0.732. The summed E-state index contributed by atoms with van der Waals surface area (Å²) in [7, 11) is 0. The lowest BCUT2D eigenvalue weighted by Gasteiger charge is -2.11. The average Bonchev–Trinajstić information content (AvgIpc) is 2.69. The van der Waals surface area contributed by atoms with Crippen molar-refractivity contribution in [1.29, 1.82) is 0 Å². The van der Waals surface area contributed by atoms with Crippen molar-refractivity contribution in [3.63, 3.8) is 0 Å². The fraction of sp³-hybridized carbons (Fsp3) is 0.444. The van der Waals surface area contributed by atoms with E-state index < -0.39 is 0 Å². The van der Waals surface area contributed by atoms with Gasteiger partial charge in [-0.15, -0.1) is 0 Å². The van der Waals surface area contributed by atoms with Crippen LogP contribution in [0.4, 0.5) is 11.5 Å². The third kappa shape index (κ3) is 2.12. The first-order chi connectivity index (χ1) is 6.86. The van der Waals surface area contributed by atoms with Crippen molar-refractivity contribution in [3.8, 4) is 0 Å². The maximum absolute atomic E-state index is 5.70. The van der Waals surface area contributed by atoms with Crippen molar-refractivity contribution in [1.82, 2.24) is 4.98 Å². The molecule has 0 atom stereocenters. The lowest BCUT2D eigenvalue weighted by molar-refractivity contribution is -0.0299. The van der Waals surface area contributed by atoms with E-state index in [1.54, 1.807) is 18.3 Å². The van der Waals surface area contributed by atoms with Crippen molar-refractivity contribution in [3.05, 3.63) is 18.3 Å². The molecule has 0 saturated carbocycles. The normalized spacial score (nSPS) is 17.1. The number of nitrogens with zero attached hydrogens (tertiary/aromatic N) is 1. The van der Waals surface area contributed by atoms with E-state index in [4.69, 9.17) is 15.2 Å². The number of ether oxygens (including phenoxy) is 2. The first-order valence-electron chi connectivity index (χ1n) is 4.54. The zero-order valence-corrected chi connectivity index (χ0v) is 7.77. The molecule has 1 aromatic rings. The molecule has 2 rings (SSSR count). The van der Waals surface area contributed by atoms with Crippen LogP contribution in [0.2, 0.25) is 0 Å². The van der Waals surface area contributed by atoms with Crippen LogP contribution in [-0.2, 0) is 9.47 Å². The fourth-order valence-electron chi connectivity index (χ4n) is 1.27. The van der Waals surface area contributed by atoms with E-state index in [1.165, 1.54) is 0 Å². The minimum Gasteiger partial charge on any atom is -0.396 e. The lowest BCUT2D eigenvalue weighted by Crippen LogP contribution is -2.21. The number of nitrogen functional groups attached to an aromatic ring is 1. The van der Waals surface area contributed by atoms with Gasteiger partial charge in [-0.2, -0.15) is 0 Å². The van der Waals surface area contributed by atoms with E-state index in [-0.39, 0.29) is 6.29 Å². The number of rotatable bonds is 3. The predicted octanol–water partition coefficient (Wildman–Crippen LogP) is 0.449. The van der Waals surface area contributed by atoms with Crippen LogP contribution >= 0.6 is 0 Å². The van der Waals surface area contributed by atoms with Crippen molar-refractivity contribution >= 4 is 11.5 Å². The summed E-state index contributed by atoms with van der Waals surface area (Å²) in [5, 5.41) is 3.07. The molecule has 1 aliphatic rings. The predicted molar refractivity (Wildman–Crippen MR) is 52.8 cm³/mol. The van der Waals surface area contributed by atoms with E-state index in [0.717, 1.165) is 0 Å². The van der Waals surface area contributed by atoms with E-state index in [1.807, 2.05) is 0 Å². The Morgan fingerprint density at radius 2 is 2.29 bits per heavy atom. The molecular weight excluding hydrogens is 182 g/mol. The molecule has 1 aliphatic heterocycles. The number of nitrogens with one attached hydrogen (secondary N) is 1. The zero-order chi connectivity index (χ0) is 9.80. The van der Waals surface area contributed by atoms with E-state index in [0.29, 0.717) is 31.3 Å². The third-order valence-corrected chi connectivity index (χ3v) is 1.97. The van der Waals surface area contributed by atoms with Crippen molar-refractivity contribution < 1.29 is 9.47 Å². The topological polar surface area (TPSA) is 69.4 Å². The molecule has 2 heterocycles. The van der Waals surface area contributed by atoms with Gasteiger partial charge in [0.2, 0.25) is 0 Å². The number of hydrogen-bond donors (Lipinski definition) is 2. The van der Waals surface area contributed by atoms with Crippen LogP contribution in [0.5, 0.6) is 0 Å². The number of hydrogen-bond acceptors (Lipinski definition) is 5. The summed E-state index contributed by atoms with van der Waals surface area (Å²) in [4.78, 5) is 4.09. The largest absolute Gasteiger partial charge is 0.396 e. The number of anilines is 2. The standard InChI is InChI=1S/C9H13N3O2/c10-7-2-1-3-11-9(7)12-6-8-13-4-5-14-8/h1-3,8H,4-6,10H2,(H,11,12). The molecule has 0 bridgehead atoms. The van der Waals surface area contributed by atoms with Crippen molar-refractivity contribution in [2.75, 3.05) is 30.8 Å². The highest BCUT2D eigenvalue weighted by molar-refractivity contribution is 5.60. The first kappa shape index (κ1) is 9.23. The Kier molecular flexibility index (Phi) is 2.81. The highest BCUT2D eigenvalue weighted by Gasteiger charge is 2.15. The first-order valence-corrected chi connectivity index (χ1v) is 4.54. The van der Waals surface area contributed by atoms with Gasteiger partial charge in [0, 0.05) is 6.20 Å². The van der Waals surface area contributed by atoms with Gasteiger partial charge in [0.25, 0.3) is 0 Å². The van der Waals surface area contributed by atoms with E-state index in [2.05, 4.69) is 10.3 Å². The number of aromatic nitrogens is 1. The molecule has 0 aromatic carbocycles. The summed E-state index contributed by atoms with van der Waals surface area (Å²) < 4.78 is 10.5. The van der Waals surface area contributed by atoms with Gasteiger partial charge in [-0.25, -0.2) is 4.98 Å². The zero-order valence-electron chi connectivity index (χ0n) is 7.77. The molecule has 0 aliphatic carbocycles. The highest BCUT2D eigenvalue weighted by atomic mass is 16.7. The molecule has 1 aromatic heterocycles. The second-order valence-electron chi connectivity index (χ2n) is 2.99. The van der Waals surface area contributed by atoms with Gasteiger partial charge in [0.1, 0.15) is 5.82 Å². The Bertz CT molecular complexity index is 300. The second-order valence-corrected chi connectivity index (χ2v) is 2.99. The summed E-state index contributed by atoms with van der Waals surface area (Å²) >= 11 is 0. The third-order valence-electron chi connectivity index (χ3n) is 1.97. The van der Waals surface area contributed by atoms with Gasteiger partial charge >= 0.3 is 0 Å². The molecule has 3 N–H and O–H groups in total. The Morgan fingerprint density at radius 1 is 1.50 bits per heavy atom. The Morgan fingerprint density at radius 3 is 3.00 bits per heavy atom. The molecule has 76 valence electrons. The summed E-state index contributed by atoms with van der Waals surface area (Å²) in [6.45, 7) is 1.88.